The summed E-state index contributed by atoms with van der Waals surface area (Å²) in [6.07, 6.45) is 8.39. The number of hydrogen-bond acceptors (Lipinski definition) is 5. The van der Waals surface area contributed by atoms with Crippen molar-refractivity contribution in [3.05, 3.63) is 0 Å². The van der Waals surface area contributed by atoms with Crippen LogP contribution < -0.4 is 0 Å². The third-order valence-corrected chi connectivity index (χ3v) is 8.18. The quantitative estimate of drug-likeness (QED) is 0.277. The molecule has 0 fully saturated rings. The summed E-state index contributed by atoms with van der Waals surface area (Å²) >= 11 is 0. The van der Waals surface area contributed by atoms with Crippen LogP contribution in [0.15, 0.2) is 0 Å². The van der Waals surface area contributed by atoms with Crippen molar-refractivity contribution in [1.29, 1.82) is 0 Å². The number of nitrogens with zero attached hydrogens (tertiary/aromatic N) is 3. The molecule has 0 aromatic rings. The monoisotopic (exact) mass is 417 g/mol. The van der Waals surface area contributed by atoms with Gasteiger partial charge in [0.25, 0.3) is 0 Å². The van der Waals surface area contributed by atoms with E-state index in [1.807, 2.05) is 14.2 Å². The van der Waals surface area contributed by atoms with E-state index in [1.54, 1.807) is 0 Å². The minimum Gasteiger partial charge on any atom is -0.397 e. The van der Waals surface area contributed by atoms with Gasteiger partial charge in [-0.3, -0.25) is 0 Å². The average Bonchev–Trinajstić information content (AvgIpc) is 2.68. The molecule has 170 valence electrons. The van der Waals surface area contributed by atoms with E-state index in [9.17, 15) is 0 Å². The zero-order chi connectivity index (χ0) is 21.3. The Balaban J connectivity index is 4.64. The molecule has 6 heteroatoms. The lowest BCUT2D eigenvalue weighted by Crippen LogP contribution is -2.50. The molecule has 0 aromatic heterocycles. The maximum absolute atomic E-state index is 5.78. The van der Waals surface area contributed by atoms with Crippen molar-refractivity contribution in [2.24, 2.45) is 0 Å². The van der Waals surface area contributed by atoms with Gasteiger partial charge in [0.15, 0.2) is 0 Å². The van der Waals surface area contributed by atoms with Gasteiger partial charge in [0.2, 0.25) is 0 Å². The molecule has 0 heterocycles. The van der Waals surface area contributed by atoms with E-state index in [1.165, 1.54) is 77.8 Å². The molecule has 0 unspecified atom stereocenters. The Bertz CT molecular complexity index is 310. The predicted molar refractivity (Wildman–Crippen MR) is 125 cm³/mol. The second kappa shape index (κ2) is 17.8. The van der Waals surface area contributed by atoms with E-state index < -0.39 is 8.56 Å². The Labute approximate surface area is 178 Å². The summed E-state index contributed by atoms with van der Waals surface area (Å²) in [7, 11) is 1.54. The van der Waals surface area contributed by atoms with Gasteiger partial charge in [-0.15, -0.1) is 0 Å². The van der Waals surface area contributed by atoms with E-state index >= 15 is 0 Å². The van der Waals surface area contributed by atoms with Gasteiger partial charge in [-0.2, -0.15) is 0 Å². The molecule has 0 aliphatic rings. The fraction of sp³-hybridized carbons (Fsp3) is 1.00. The van der Waals surface area contributed by atoms with Crippen molar-refractivity contribution in [1.82, 2.24) is 14.7 Å². The Kier molecular flexibility index (Phi) is 17.9. The minimum atomic E-state index is -2.08. The first-order valence-corrected chi connectivity index (χ1v) is 14.3. The molecule has 0 amide bonds. The fourth-order valence-corrected chi connectivity index (χ4v) is 5.41. The SMILES string of the molecule is CCCN(CCC)CCCN(CCCN(CCC)CCC)C[Si](C)(OC)OC. The molecular weight excluding hydrogens is 366 g/mol. The summed E-state index contributed by atoms with van der Waals surface area (Å²) in [6, 6.07) is 0. The molecule has 0 saturated carbocycles. The van der Waals surface area contributed by atoms with Crippen LogP contribution in [-0.4, -0.2) is 96.0 Å². The molecule has 0 N–H and O–H groups in total. The highest BCUT2D eigenvalue weighted by Crippen LogP contribution is 2.10. The molecule has 28 heavy (non-hydrogen) atoms. The molecule has 0 atom stereocenters. The highest BCUT2D eigenvalue weighted by atomic mass is 28.4. The van der Waals surface area contributed by atoms with Gasteiger partial charge in [-0.25, -0.2) is 0 Å². The zero-order valence-electron chi connectivity index (χ0n) is 20.3. The molecule has 0 rings (SSSR count). The minimum absolute atomic E-state index is 0.961. The van der Waals surface area contributed by atoms with E-state index in [0.29, 0.717) is 0 Å². The summed E-state index contributed by atoms with van der Waals surface area (Å²) in [4.78, 5) is 7.84. The average molecular weight is 418 g/mol. The standard InChI is InChI=1S/C22H51N3O2Si/c1-8-14-23(15-9-2)18-12-20-25(22-28(7,26-5)27-6)21-13-19-24(16-10-3)17-11-4/h8-22H2,1-7H3. The maximum atomic E-state index is 5.78. The molecule has 0 saturated heterocycles. The molecular formula is C22H51N3O2Si. The van der Waals surface area contributed by atoms with Crippen LogP contribution in [0.25, 0.3) is 0 Å². The first-order chi connectivity index (χ1) is 13.5. The first-order valence-electron chi connectivity index (χ1n) is 11.8. The normalized spacial score (nSPS) is 12.6. The first kappa shape index (κ1) is 28.0. The van der Waals surface area contributed by atoms with E-state index in [0.717, 1.165) is 19.3 Å². The highest BCUT2D eigenvalue weighted by molar-refractivity contribution is 6.66. The van der Waals surface area contributed by atoms with E-state index in [4.69, 9.17) is 8.85 Å². The van der Waals surface area contributed by atoms with Crippen molar-refractivity contribution in [2.75, 3.05) is 72.7 Å². The molecule has 0 aliphatic carbocycles. The van der Waals surface area contributed by atoms with Gasteiger partial charge in [-0.05, 0) is 97.4 Å². The molecule has 0 bridgehead atoms. The smallest absolute Gasteiger partial charge is 0.348 e. The summed E-state index contributed by atoms with van der Waals surface area (Å²) in [6.45, 7) is 20.9. The molecule has 0 radical (unpaired) electrons. The maximum Gasteiger partial charge on any atom is 0.348 e. The molecule has 5 nitrogen and oxygen atoms in total. The van der Waals surface area contributed by atoms with Crippen LogP contribution in [0.5, 0.6) is 0 Å². The highest BCUT2D eigenvalue weighted by Gasteiger charge is 2.31. The van der Waals surface area contributed by atoms with Crippen LogP contribution in [-0.2, 0) is 8.85 Å². The summed E-state index contributed by atoms with van der Waals surface area (Å²) in [5, 5.41) is 0. The lowest BCUT2D eigenvalue weighted by atomic mass is 10.2. The van der Waals surface area contributed by atoms with Gasteiger partial charge < -0.3 is 23.6 Å². The van der Waals surface area contributed by atoms with Crippen LogP contribution in [0.3, 0.4) is 0 Å². The van der Waals surface area contributed by atoms with Gasteiger partial charge in [0.1, 0.15) is 0 Å². The van der Waals surface area contributed by atoms with Gasteiger partial charge in [0, 0.05) is 20.4 Å². The van der Waals surface area contributed by atoms with Crippen molar-refractivity contribution >= 4 is 8.56 Å². The van der Waals surface area contributed by atoms with Gasteiger partial charge in [0.05, 0.1) is 0 Å². The van der Waals surface area contributed by atoms with Gasteiger partial charge >= 0.3 is 8.56 Å². The topological polar surface area (TPSA) is 28.2 Å². The third kappa shape index (κ3) is 13.3. The van der Waals surface area contributed by atoms with Crippen LogP contribution >= 0.6 is 0 Å². The van der Waals surface area contributed by atoms with Crippen LogP contribution in [0.1, 0.15) is 66.2 Å². The zero-order valence-corrected chi connectivity index (χ0v) is 21.3. The molecule has 0 spiro atoms. The Morgan fingerprint density at radius 2 is 0.857 bits per heavy atom. The fourth-order valence-electron chi connectivity index (χ4n) is 3.86. The van der Waals surface area contributed by atoms with Crippen LogP contribution in [0.2, 0.25) is 6.55 Å². The third-order valence-electron chi connectivity index (χ3n) is 5.43. The van der Waals surface area contributed by atoms with E-state index in [-0.39, 0.29) is 0 Å². The van der Waals surface area contributed by atoms with Crippen LogP contribution in [0, 0.1) is 0 Å². The van der Waals surface area contributed by atoms with Crippen molar-refractivity contribution in [2.45, 2.75) is 72.8 Å². The Morgan fingerprint density at radius 3 is 1.14 bits per heavy atom. The Hall–Kier alpha value is 0.0169. The number of hydrogen-bond donors (Lipinski definition) is 0. The van der Waals surface area contributed by atoms with Crippen molar-refractivity contribution in [3.63, 3.8) is 0 Å². The lowest BCUT2D eigenvalue weighted by molar-refractivity contribution is 0.188. The second-order valence-electron chi connectivity index (χ2n) is 8.21. The summed E-state index contributed by atoms with van der Waals surface area (Å²) < 4.78 is 11.6. The van der Waals surface area contributed by atoms with Crippen molar-refractivity contribution in [3.8, 4) is 0 Å². The summed E-state index contributed by atoms with van der Waals surface area (Å²) in [5.41, 5.74) is 0. The molecule has 0 aromatic carbocycles. The van der Waals surface area contributed by atoms with Crippen molar-refractivity contribution < 1.29 is 8.85 Å². The van der Waals surface area contributed by atoms with Gasteiger partial charge in [-0.1, -0.05) is 27.7 Å². The predicted octanol–water partition coefficient (Wildman–Crippen LogP) is 4.22. The lowest BCUT2D eigenvalue weighted by Gasteiger charge is -2.32. The number of rotatable bonds is 20. The summed E-state index contributed by atoms with van der Waals surface area (Å²) in [5.74, 6) is 0. The molecule has 0 aliphatic heterocycles. The van der Waals surface area contributed by atoms with Crippen LogP contribution in [0.4, 0.5) is 0 Å². The second-order valence-corrected chi connectivity index (χ2v) is 11.6. The largest absolute Gasteiger partial charge is 0.397 e. The van der Waals surface area contributed by atoms with E-state index in [2.05, 4.69) is 48.9 Å². The Morgan fingerprint density at radius 1 is 0.536 bits per heavy atom.